The Hall–Kier alpha value is -2.16. The van der Waals surface area contributed by atoms with Crippen LogP contribution in [-0.4, -0.2) is 22.1 Å². The Balaban J connectivity index is 1.87. The number of hydrogen-bond acceptors (Lipinski definition) is 5. The van der Waals surface area contributed by atoms with Gasteiger partial charge in [-0.05, 0) is 41.8 Å². The van der Waals surface area contributed by atoms with Gasteiger partial charge in [0.05, 0.1) is 19.3 Å². The largest absolute Gasteiger partial charge is 0.495 e. The first-order chi connectivity index (χ1) is 12.0. The minimum absolute atomic E-state index is 0.0794. The molecule has 0 aliphatic heterocycles. The number of sulfonamides is 1. The van der Waals surface area contributed by atoms with Crippen LogP contribution in [0.5, 0.6) is 5.75 Å². The molecule has 5 nitrogen and oxygen atoms in total. The van der Waals surface area contributed by atoms with Gasteiger partial charge in [-0.3, -0.25) is 0 Å². The second-order valence-electron chi connectivity index (χ2n) is 5.23. The number of hydrogen-bond donors (Lipinski definition) is 1. The number of halogens is 1. The molecular formula is C17H16FNO4S2. The Kier molecular flexibility index (Phi) is 5.22. The van der Waals surface area contributed by atoms with Crippen molar-refractivity contribution < 1.29 is 22.0 Å². The summed E-state index contributed by atoms with van der Waals surface area (Å²) in [6.07, 6.45) is 1.54. The lowest BCUT2D eigenvalue weighted by molar-refractivity contribution is 0.400. The Morgan fingerprint density at radius 2 is 2.12 bits per heavy atom. The summed E-state index contributed by atoms with van der Waals surface area (Å²) in [6, 6.07) is 10.7. The maximum absolute atomic E-state index is 13.5. The topological polar surface area (TPSA) is 68.5 Å². The molecule has 2 aromatic heterocycles. The molecule has 8 heteroatoms. The van der Waals surface area contributed by atoms with Crippen molar-refractivity contribution in [2.24, 2.45) is 0 Å². The number of rotatable bonds is 7. The van der Waals surface area contributed by atoms with E-state index in [9.17, 15) is 12.8 Å². The summed E-state index contributed by atoms with van der Waals surface area (Å²) in [4.78, 5) is 0.725. The first-order valence-electron chi connectivity index (χ1n) is 7.41. The SMILES string of the molecule is COc1ccc(F)cc1S(=O)(=O)NC[C@H](c1ccco1)c1cccs1. The molecule has 0 spiro atoms. The van der Waals surface area contributed by atoms with Crippen LogP contribution >= 0.6 is 11.3 Å². The molecule has 0 bridgehead atoms. The zero-order valence-corrected chi connectivity index (χ0v) is 14.9. The maximum Gasteiger partial charge on any atom is 0.244 e. The smallest absolute Gasteiger partial charge is 0.244 e. The number of ether oxygens (including phenoxy) is 1. The van der Waals surface area contributed by atoms with E-state index in [4.69, 9.17) is 9.15 Å². The highest BCUT2D eigenvalue weighted by atomic mass is 32.2. The summed E-state index contributed by atoms with van der Waals surface area (Å²) in [5.74, 6) is -0.192. The van der Waals surface area contributed by atoms with Crippen molar-refractivity contribution in [3.05, 3.63) is 70.6 Å². The number of furan rings is 1. The maximum atomic E-state index is 13.5. The zero-order valence-electron chi connectivity index (χ0n) is 13.3. The lowest BCUT2D eigenvalue weighted by Gasteiger charge is -2.15. The molecule has 0 saturated carbocycles. The van der Waals surface area contributed by atoms with E-state index in [1.807, 2.05) is 17.5 Å². The summed E-state index contributed by atoms with van der Waals surface area (Å²) in [5, 5.41) is 1.91. The van der Waals surface area contributed by atoms with Gasteiger partial charge >= 0.3 is 0 Å². The van der Waals surface area contributed by atoms with Crippen molar-refractivity contribution in [3.8, 4) is 5.75 Å². The summed E-state index contributed by atoms with van der Waals surface area (Å²) < 4.78 is 51.7. The van der Waals surface area contributed by atoms with Crippen molar-refractivity contribution in [1.29, 1.82) is 0 Å². The number of nitrogens with one attached hydrogen (secondary N) is 1. The van der Waals surface area contributed by atoms with E-state index in [1.165, 1.54) is 24.5 Å². The molecule has 1 N–H and O–H groups in total. The van der Waals surface area contributed by atoms with Gasteiger partial charge in [0.2, 0.25) is 10.0 Å². The van der Waals surface area contributed by atoms with E-state index < -0.39 is 15.8 Å². The number of benzene rings is 1. The minimum Gasteiger partial charge on any atom is -0.495 e. The average Bonchev–Trinajstić information content (AvgIpc) is 3.29. The normalized spacial score (nSPS) is 12.9. The van der Waals surface area contributed by atoms with Crippen LogP contribution in [0.2, 0.25) is 0 Å². The molecule has 0 radical (unpaired) electrons. The highest BCUT2D eigenvalue weighted by Crippen LogP contribution is 2.29. The molecule has 0 aliphatic carbocycles. The van der Waals surface area contributed by atoms with Gasteiger partial charge in [-0.15, -0.1) is 11.3 Å². The third-order valence-electron chi connectivity index (χ3n) is 3.67. The van der Waals surface area contributed by atoms with Crippen LogP contribution in [0.25, 0.3) is 0 Å². The predicted octanol–water partition coefficient (Wildman–Crippen LogP) is 3.60. The minimum atomic E-state index is -3.95. The first-order valence-corrected chi connectivity index (χ1v) is 9.77. The van der Waals surface area contributed by atoms with Gasteiger partial charge < -0.3 is 9.15 Å². The second-order valence-corrected chi connectivity index (χ2v) is 7.95. The van der Waals surface area contributed by atoms with Gasteiger partial charge in [0.15, 0.2) is 0 Å². The van der Waals surface area contributed by atoms with Gasteiger partial charge in [0, 0.05) is 11.4 Å². The van der Waals surface area contributed by atoms with E-state index in [1.54, 1.807) is 18.4 Å². The first kappa shape index (κ1) is 17.7. The quantitative estimate of drug-likeness (QED) is 0.679. The molecule has 3 rings (SSSR count). The molecule has 0 saturated heterocycles. The van der Waals surface area contributed by atoms with E-state index >= 15 is 0 Å². The monoisotopic (exact) mass is 381 g/mol. The summed E-state index contributed by atoms with van der Waals surface area (Å²) >= 11 is 1.51. The van der Waals surface area contributed by atoms with E-state index in [0.717, 1.165) is 17.0 Å². The molecule has 0 aliphatic rings. The van der Waals surface area contributed by atoms with Gasteiger partial charge in [0.25, 0.3) is 0 Å². The highest BCUT2D eigenvalue weighted by molar-refractivity contribution is 7.89. The second kappa shape index (κ2) is 7.38. The molecule has 1 atom stereocenters. The molecule has 1 aromatic carbocycles. The van der Waals surface area contributed by atoms with E-state index in [0.29, 0.717) is 5.76 Å². The molecule has 3 aromatic rings. The predicted molar refractivity (Wildman–Crippen MR) is 93.0 cm³/mol. The number of thiophene rings is 1. The van der Waals surface area contributed by atoms with Crippen LogP contribution in [0.3, 0.4) is 0 Å². The molecule has 2 heterocycles. The lowest BCUT2D eigenvalue weighted by Crippen LogP contribution is -2.29. The molecule has 0 amide bonds. The van der Waals surface area contributed by atoms with Gasteiger partial charge in [-0.2, -0.15) is 0 Å². The third kappa shape index (κ3) is 3.92. The number of methoxy groups -OCH3 is 1. The summed E-state index contributed by atoms with van der Waals surface area (Å²) in [6.45, 7) is 0.0794. The van der Waals surface area contributed by atoms with Crippen LogP contribution in [0.1, 0.15) is 16.6 Å². The Morgan fingerprint density at radius 3 is 2.76 bits per heavy atom. The van der Waals surface area contributed by atoms with Gasteiger partial charge in [-0.1, -0.05) is 6.07 Å². The molecular weight excluding hydrogens is 365 g/mol. The Bertz CT molecular complexity index is 887. The van der Waals surface area contributed by atoms with E-state index in [-0.39, 0.29) is 23.1 Å². The van der Waals surface area contributed by atoms with Gasteiger partial charge in [0.1, 0.15) is 22.2 Å². The highest BCUT2D eigenvalue weighted by Gasteiger charge is 2.24. The molecule has 132 valence electrons. The van der Waals surface area contributed by atoms with Crippen LogP contribution in [0.4, 0.5) is 4.39 Å². The van der Waals surface area contributed by atoms with Crippen LogP contribution < -0.4 is 9.46 Å². The van der Waals surface area contributed by atoms with Crippen LogP contribution in [0, 0.1) is 5.82 Å². The molecule has 25 heavy (non-hydrogen) atoms. The summed E-state index contributed by atoms with van der Waals surface area (Å²) in [5.41, 5.74) is 0. The molecule has 0 unspecified atom stereocenters. The fourth-order valence-corrected chi connectivity index (χ4v) is 4.51. The van der Waals surface area contributed by atoms with Gasteiger partial charge in [-0.25, -0.2) is 17.5 Å². The van der Waals surface area contributed by atoms with Crippen LogP contribution in [-0.2, 0) is 10.0 Å². The van der Waals surface area contributed by atoms with Crippen molar-refractivity contribution in [3.63, 3.8) is 0 Å². The fraction of sp³-hybridized carbons (Fsp3) is 0.176. The Morgan fingerprint density at radius 1 is 1.28 bits per heavy atom. The lowest BCUT2D eigenvalue weighted by atomic mass is 10.1. The van der Waals surface area contributed by atoms with Crippen molar-refractivity contribution in [1.82, 2.24) is 4.72 Å². The molecule has 0 fully saturated rings. The zero-order chi connectivity index (χ0) is 17.9. The average molecular weight is 381 g/mol. The van der Waals surface area contributed by atoms with Crippen LogP contribution in [0.15, 0.2) is 63.4 Å². The van der Waals surface area contributed by atoms with E-state index in [2.05, 4.69) is 4.72 Å². The fourth-order valence-electron chi connectivity index (χ4n) is 2.45. The standard InChI is InChI=1S/C17H16FNO4S2/c1-22-15-7-6-12(18)10-17(15)25(20,21)19-11-13(14-4-2-8-23-14)16-5-3-9-24-16/h2-10,13,19H,11H2,1H3/t13-/m1/s1. The van der Waals surface area contributed by atoms with Crippen molar-refractivity contribution in [2.75, 3.05) is 13.7 Å². The third-order valence-corrected chi connectivity index (χ3v) is 6.10. The van der Waals surface area contributed by atoms with Crippen molar-refractivity contribution >= 4 is 21.4 Å². The summed E-state index contributed by atoms with van der Waals surface area (Å²) in [7, 11) is -2.62. The van der Waals surface area contributed by atoms with Crippen molar-refractivity contribution in [2.45, 2.75) is 10.8 Å². The Labute approximate surface area is 149 Å².